The molecule has 0 radical (unpaired) electrons. The van der Waals surface area contributed by atoms with Crippen molar-refractivity contribution in [2.45, 2.75) is 26.2 Å². The molecular formula is C12H18O4. The standard InChI is InChI=1S/C12H18O4/c1-7-4-9-5-8(7)6-12(9,10(13)15-2)11(14)16-3/h7-9H,4-6H2,1-3H3. The Morgan fingerprint density at radius 2 is 1.69 bits per heavy atom. The van der Waals surface area contributed by atoms with E-state index in [2.05, 4.69) is 6.92 Å². The van der Waals surface area contributed by atoms with Crippen molar-refractivity contribution in [3.63, 3.8) is 0 Å². The second-order valence-electron chi connectivity index (χ2n) is 5.06. The van der Waals surface area contributed by atoms with Crippen molar-refractivity contribution < 1.29 is 19.1 Å². The van der Waals surface area contributed by atoms with Gasteiger partial charge in [-0.15, -0.1) is 0 Å². The van der Waals surface area contributed by atoms with Gasteiger partial charge in [0.15, 0.2) is 5.41 Å². The molecule has 0 aromatic carbocycles. The number of methoxy groups -OCH3 is 2. The highest BCUT2D eigenvalue weighted by Gasteiger charge is 2.63. The van der Waals surface area contributed by atoms with E-state index in [1.807, 2.05) is 0 Å². The maximum atomic E-state index is 11.9. The van der Waals surface area contributed by atoms with Crippen LogP contribution in [0.2, 0.25) is 0 Å². The van der Waals surface area contributed by atoms with Gasteiger partial charge in [-0.05, 0) is 37.0 Å². The van der Waals surface area contributed by atoms with E-state index >= 15 is 0 Å². The molecule has 16 heavy (non-hydrogen) atoms. The van der Waals surface area contributed by atoms with Crippen LogP contribution in [-0.2, 0) is 19.1 Å². The lowest BCUT2D eigenvalue weighted by Gasteiger charge is -2.33. The highest BCUT2D eigenvalue weighted by Crippen LogP contribution is 2.59. The van der Waals surface area contributed by atoms with Crippen LogP contribution in [0.3, 0.4) is 0 Å². The zero-order valence-corrected chi connectivity index (χ0v) is 9.99. The molecule has 4 nitrogen and oxygen atoms in total. The van der Waals surface area contributed by atoms with Gasteiger partial charge in [-0.3, -0.25) is 9.59 Å². The van der Waals surface area contributed by atoms with Crippen LogP contribution >= 0.6 is 0 Å². The van der Waals surface area contributed by atoms with Crippen LogP contribution in [0.15, 0.2) is 0 Å². The minimum absolute atomic E-state index is 0.104. The van der Waals surface area contributed by atoms with Crippen molar-refractivity contribution in [3.05, 3.63) is 0 Å². The first-order valence-electron chi connectivity index (χ1n) is 5.73. The number of rotatable bonds is 2. The Morgan fingerprint density at radius 3 is 2.00 bits per heavy atom. The van der Waals surface area contributed by atoms with Gasteiger partial charge in [-0.25, -0.2) is 0 Å². The molecule has 0 spiro atoms. The number of carbonyl (C=O) groups excluding carboxylic acids is 2. The van der Waals surface area contributed by atoms with E-state index in [1.165, 1.54) is 14.2 Å². The first kappa shape index (κ1) is 11.4. The predicted molar refractivity (Wildman–Crippen MR) is 56.5 cm³/mol. The van der Waals surface area contributed by atoms with E-state index in [9.17, 15) is 9.59 Å². The largest absolute Gasteiger partial charge is 0.468 e. The zero-order valence-electron chi connectivity index (χ0n) is 9.99. The monoisotopic (exact) mass is 226 g/mol. The molecule has 0 N–H and O–H groups in total. The van der Waals surface area contributed by atoms with Crippen LogP contribution in [0.1, 0.15) is 26.2 Å². The van der Waals surface area contributed by atoms with Crippen LogP contribution in [-0.4, -0.2) is 26.2 Å². The third kappa shape index (κ3) is 1.28. The van der Waals surface area contributed by atoms with Crippen molar-refractivity contribution in [3.8, 4) is 0 Å². The minimum atomic E-state index is -1.01. The fourth-order valence-electron chi connectivity index (χ4n) is 3.55. The fraction of sp³-hybridized carbons (Fsp3) is 0.833. The molecular weight excluding hydrogens is 208 g/mol. The summed E-state index contributed by atoms with van der Waals surface area (Å²) in [4.78, 5) is 23.8. The average Bonchev–Trinajstić information content (AvgIpc) is 2.83. The highest BCUT2D eigenvalue weighted by molar-refractivity contribution is 6.01. The molecule has 0 saturated heterocycles. The smallest absolute Gasteiger partial charge is 0.323 e. The molecule has 0 aromatic heterocycles. The fourth-order valence-corrected chi connectivity index (χ4v) is 3.55. The van der Waals surface area contributed by atoms with E-state index in [-0.39, 0.29) is 5.92 Å². The minimum Gasteiger partial charge on any atom is -0.468 e. The quantitative estimate of drug-likeness (QED) is 0.527. The molecule has 0 heterocycles. The molecule has 2 bridgehead atoms. The summed E-state index contributed by atoms with van der Waals surface area (Å²) in [6.07, 6.45) is 2.47. The van der Waals surface area contributed by atoms with E-state index in [4.69, 9.17) is 9.47 Å². The molecule has 4 heteroatoms. The lowest BCUT2D eigenvalue weighted by atomic mass is 9.70. The maximum Gasteiger partial charge on any atom is 0.323 e. The van der Waals surface area contributed by atoms with Gasteiger partial charge in [0.05, 0.1) is 14.2 Å². The molecule has 0 aromatic rings. The first-order valence-corrected chi connectivity index (χ1v) is 5.73. The van der Waals surface area contributed by atoms with Gasteiger partial charge in [0, 0.05) is 0 Å². The van der Waals surface area contributed by atoms with Crippen LogP contribution in [0.4, 0.5) is 0 Å². The first-order chi connectivity index (χ1) is 7.56. The molecule has 3 unspecified atom stereocenters. The van der Waals surface area contributed by atoms with E-state index in [0.717, 1.165) is 12.8 Å². The molecule has 2 fully saturated rings. The number of hydrogen-bond acceptors (Lipinski definition) is 4. The van der Waals surface area contributed by atoms with Crippen LogP contribution in [0, 0.1) is 23.2 Å². The molecule has 2 aliphatic carbocycles. The third-order valence-corrected chi connectivity index (χ3v) is 4.43. The number of ether oxygens (including phenoxy) is 2. The summed E-state index contributed by atoms with van der Waals surface area (Å²) in [6, 6.07) is 0. The molecule has 90 valence electrons. The van der Waals surface area contributed by atoms with Crippen molar-refractivity contribution in [1.82, 2.24) is 0 Å². The van der Waals surface area contributed by atoms with Gasteiger partial charge < -0.3 is 9.47 Å². The Bertz CT molecular complexity index is 305. The van der Waals surface area contributed by atoms with Crippen molar-refractivity contribution >= 4 is 11.9 Å². The topological polar surface area (TPSA) is 52.6 Å². The normalized spacial score (nSPS) is 34.8. The SMILES string of the molecule is COC(=O)C1(C(=O)OC)CC2CC1CC2C. The zero-order chi connectivity index (χ0) is 11.9. The van der Waals surface area contributed by atoms with Gasteiger partial charge >= 0.3 is 11.9 Å². The van der Waals surface area contributed by atoms with Gasteiger partial charge in [0.2, 0.25) is 0 Å². The van der Waals surface area contributed by atoms with E-state index in [1.54, 1.807) is 0 Å². The van der Waals surface area contributed by atoms with Crippen LogP contribution in [0.25, 0.3) is 0 Å². The summed E-state index contributed by atoms with van der Waals surface area (Å²) >= 11 is 0. The molecule has 0 aliphatic heterocycles. The summed E-state index contributed by atoms with van der Waals surface area (Å²) < 4.78 is 9.62. The summed E-state index contributed by atoms with van der Waals surface area (Å²) in [5.41, 5.74) is -1.01. The Morgan fingerprint density at radius 1 is 1.12 bits per heavy atom. The number of fused-ring (bicyclic) bond motifs is 2. The van der Waals surface area contributed by atoms with Crippen molar-refractivity contribution in [1.29, 1.82) is 0 Å². The van der Waals surface area contributed by atoms with Crippen molar-refractivity contribution in [2.75, 3.05) is 14.2 Å². The Hall–Kier alpha value is -1.06. The third-order valence-electron chi connectivity index (χ3n) is 4.43. The molecule has 3 atom stereocenters. The summed E-state index contributed by atoms with van der Waals surface area (Å²) in [5.74, 6) is 0.334. The Kier molecular flexibility index (Phi) is 2.68. The van der Waals surface area contributed by atoms with Gasteiger partial charge in [0.1, 0.15) is 0 Å². The van der Waals surface area contributed by atoms with E-state index < -0.39 is 17.4 Å². The predicted octanol–water partition coefficient (Wildman–Crippen LogP) is 1.38. The van der Waals surface area contributed by atoms with Gasteiger partial charge in [0.25, 0.3) is 0 Å². The number of hydrogen-bond donors (Lipinski definition) is 0. The molecule has 2 aliphatic rings. The number of carbonyl (C=O) groups is 2. The van der Waals surface area contributed by atoms with Gasteiger partial charge in [-0.2, -0.15) is 0 Å². The van der Waals surface area contributed by atoms with Crippen molar-refractivity contribution in [2.24, 2.45) is 23.2 Å². The second-order valence-corrected chi connectivity index (χ2v) is 5.06. The highest BCUT2D eigenvalue weighted by atomic mass is 16.5. The lowest BCUT2D eigenvalue weighted by molar-refractivity contribution is -0.174. The van der Waals surface area contributed by atoms with E-state index in [0.29, 0.717) is 18.3 Å². The Labute approximate surface area is 95.3 Å². The van der Waals surface area contributed by atoms with Crippen LogP contribution in [0.5, 0.6) is 0 Å². The second kappa shape index (κ2) is 3.75. The molecule has 2 saturated carbocycles. The summed E-state index contributed by atoms with van der Waals surface area (Å²) in [6.45, 7) is 2.18. The average molecular weight is 226 g/mol. The Balaban J connectivity index is 2.32. The number of esters is 2. The molecule has 0 amide bonds. The van der Waals surface area contributed by atoms with Crippen LogP contribution < -0.4 is 0 Å². The van der Waals surface area contributed by atoms with Gasteiger partial charge in [-0.1, -0.05) is 6.92 Å². The molecule has 2 rings (SSSR count). The maximum absolute atomic E-state index is 11.9. The summed E-state index contributed by atoms with van der Waals surface area (Å²) in [7, 11) is 2.67. The summed E-state index contributed by atoms with van der Waals surface area (Å²) in [5, 5.41) is 0. The lowest BCUT2D eigenvalue weighted by Crippen LogP contribution is -2.46.